The average molecular weight is 344 g/mol. The van der Waals surface area contributed by atoms with Crippen molar-refractivity contribution in [3.8, 4) is 5.75 Å². The summed E-state index contributed by atoms with van der Waals surface area (Å²) in [6.07, 6.45) is 0. The predicted octanol–water partition coefficient (Wildman–Crippen LogP) is 4.53. The maximum absolute atomic E-state index is 12.4. The van der Waals surface area contributed by atoms with E-state index >= 15 is 0 Å². The molecule has 3 aromatic rings. The molecule has 2 aromatic carbocycles. The van der Waals surface area contributed by atoms with Crippen LogP contribution in [0.5, 0.6) is 5.75 Å². The summed E-state index contributed by atoms with van der Waals surface area (Å²) in [4.78, 5) is 12.4. The highest BCUT2D eigenvalue weighted by Gasteiger charge is 2.21. The average Bonchev–Trinajstić information content (AvgIpc) is 2.81. The minimum absolute atomic E-state index is 0.114. The first-order valence-corrected chi connectivity index (χ1v) is 8.13. The number of rotatable bonds is 4. The van der Waals surface area contributed by atoms with Gasteiger partial charge in [-0.05, 0) is 43.7 Å². The van der Waals surface area contributed by atoms with Gasteiger partial charge in [0.25, 0.3) is 0 Å². The number of phenolic OH excluding ortho intramolecular Hbond substituents is 1. The Bertz CT molecular complexity index is 914. The molecule has 1 N–H and O–H groups in total. The zero-order valence-corrected chi connectivity index (χ0v) is 14.3. The molecule has 1 aromatic heterocycles. The van der Waals surface area contributed by atoms with Crippen molar-refractivity contribution < 1.29 is 14.6 Å². The molecule has 0 saturated carbocycles. The van der Waals surface area contributed by atoms with Crippen LogP contribution in [0.2, 0.25) is 5.02 Å². The maximum Gasteiger partial charge on any atom is 0.340 e. The highest BCUT2D eigenvalue weighted by molar-refractivity contribution is 6.31. The number of phenols is 1. The van der Waals surface area contributed by atoms with E-state index in [1.165, 1.54) is 0 Å². The molecule has 0 unspecified atom stereocenters. The fraction of sp³-hybridized carbons (Fsp3) is 0.211. The summed E-state index contributed by atoms with van der Waals surface area (Å²) in [5, 5.41) is 11.2. The van der Waals surface area contributed by atoms with E-state index in [1.807, 2.05) is 35.8 Å². The molecule has 0 radical (unpaired) electrons. The highest BCUT2D eigenvalue weighted by atomic mass is 35.5. The zero-order valence-electron chi connectivity index (χ0n) is 13.5. The molecule has 0 atom stereocenters. The van der Waals surface area contributed by atoms with E-state index in [0.29, 0.717) is 29.1 Å². The van der Waals surface area contributed by atoms with Crippen LogP contribution in [-0.2, 0) is 11.3 Å². The highest BCUT2D eigenvalue weighted by Crippen LogP contribution is 2.31. The Kier molecular flexibility index (Phi) is 4.49. The number of aromatic hydroxyl groups is 1. The fourth-order valence-corrected chi connectivity index (χ4v) is 3.13. The number of halogens is 1. The van der Waals surface area contributed by atoms with Crippen LogP contribution in [0.15, 0.2) is 42.5 Å². The molecule has 4 nitrogen and oxygen atoms in total. The van der Waals surface area contributed by atoms with Crippen LogP contribution < -0.4 is 0 Å². The molecule has 0 aliphatic rings. The van der Waals surface area contributed by atoms with Gasteiger partial charge in [0.2, 0.25) is 0 Å². The van der Waals surface area contributed by atoms with Gasteiger partial charge in [-0.2, -0.15) is 0 Å². The Morgan fingerprint density at radius 2 is 2.00 bits per heavy atom. The van der Waals surface area contributed by atoms with Gasteiger partial charge >= 0.3 is 5.97 Å². The lowest BCUT2D eigenvalue weighted by Crippen LogP contribution is -2.08. The zero-order chi connectivity index (χ0) is 17.3. The summed E-state index contributed by atoms with van der Waals surface area (Å²) in [5.41, 5.74) is 3.08. The van der Waals surface area contributed by atoms with Crippen LogP contribution in [0.4, 0.5) is 0 Å². The molecule has 0 spiro atoms. The number of benzene rings is 2. The molecule has 24 heavy (non-hydrogen) atoms. The molecule has 1 heterocycles. The number of fused-ring (bicyclic) bond motifs is 1. The molecule has 3 rings (SSSR count). The van der Waals surface area contributed by atoms with Gasteiger partial charge in [-0.15, -0.1) is 0 Å². The number of carbonyl (C=O) groups is 1. The van der Waals surface area contributed by atoms with Crippen molar-refractivity contribution in [2.75, 3.05) is 6.61 Å². The summed E-state index contributed by atoms with van der Waals surface area (Å²) in [6, 6.07) is 12.6. The Labute approximate surface area is 145 Å². The van der Waals surface area contributed by atoms with E-state index in [0.717, 1.165) is 16.8 Å². The Morgan fingerprint density at radius 1 is 1.25 bits per heavy atom. The van der Waals surface area contributed by atoms with Gasteiger partial charge in [0.1, 0.15) is 5.75 Å². The third-order valence-corrected chi connectivity index (χ3v) is 4.44. The van der Waals surface area contributed by atoms with Crippen molar-refractivity contribution in [3.63, 3.8) is 0 Å². The topological polar surface area (TPSA) is 51.5 Å². The summed E-state index contributed by atoms with van der Waals surface area (Å²) in [7, 11) is 0. The van der Waals surface area contributed by atoms with Gasteiger partial charge in [0.15, 0.2) is 0 Å². The number of hydrogen-bond acceptors (Lipinski definition) is 3. The van der Waals surface area contributed by atoms with Crippen LogP contribution in [0.3, 0.4) is 0 Å². The van der Waals surface area contributed by atoms with Gasteiger partial charge in [0.05, 0.1) is 12.2 Å². The first-order valence-electron chi connectivity index (χ1n) is 7.75. The normalized spacial score (nSPS) is 11.0. The Hall–Kier alpha value is -2.46. The molecule has 0 aliphatic heterocycles. The summed E-state index contributed by atoms with van der Waals surface area (Å²) in [6.45, 7) is 4.48. The second-order valence-corrected chi connectivity index (χ2v) is 5.97. The summed E-state index contributed by atoms with van der Waals surface area (Å²) >= 11 is 6.28. The summed E-state index contributed by atoms with van der Waals surface area (Å²) < 4.78 is 7.20. The smallest absolute Gasteiger partial charge is 0.340 e. The van der Waals surface area contributed by atoms with E-state index in [2.05, 4.69) is 0 Å². The number of nitrogens with zero attached hydrogens (tertiary/aromatic N) is 1. The molecule has 0 aliphatic carbocycles. The number of hydrogen-bond donors (Lipinski definition) is 1. The lowest BCUT2D eigenvalue weighted by Gasteiger charge is -2.10. The second kappa shape index (κ2) is 6.57. The SMILES string of the molecule is CCOC(=O)c1c(C)n(Cc2ccccc2Cl)c2ccc(O)cc12. The van der Waals surface area contributed by atoms with Crippen LogP contribution in [0, 0.1) is 6.92 Å². The molecule has 124 valence electrons. The Balaban J connectivity index is 2.19. The van der Waals surface area contributed by atoms with Crippen LogP contribution in [-0.4, -0.2) is 22.2 Å². The molecular weight excluding hydrogens is 326 g/mol. The monoisotopic (exact) mass is 343 g/mol. The van der Waals surface area contributed by atoms with Crippen molar-refractivity contribution in [2.24, 2.45) is 0 Å². The molecule has 0 saturated heterocycles. The third kappa shape index (κ3) is 2.85. The minimum atomic E-state index is -0.386. The summed E-state index contributed by atoms with van der Waals surface area (Å²) in [5.74, 6) is -0.272. The molecule has 0 amide bonds. The molecule has 0 fully saturated rings. The number of carbonyl (C=O) groups excluding carboxylic acids is 1. The van der Waals surface area contributed by atoms with E-state index in [-0.39, 0.29) is 11.7 Å². The first kappa shape index (κ1) is 16.4. The van der Waals surface area contributed by atoms with Crippen molar-refractivity contribution in [2.45, 2.75) is 20.4 Å². The van der Waals surface area contributed by atoms with Crippen LogP contribution >= 0.6 is 11.6 Å². The quantitative estimate of drug-likeness (QED) is 0.708. The number of esters is 1. The van der Waals surface area contributed by atoms with E-state index < -0.39 is 0 Å². The van der Waals surface area contributed by atoms with Crippen molar-refractivity contribution >= 4 is 28.5 Å². The van der Waals surface area contributed by atoms with Gasteiger partial charge < -0.3 is 14.4 Å². The largest absolute Gasteiger partial charge is 0.508 e. The van der Waals surface area contributed by atoms with Gasteiger partial charge in [0, 0.05) is 28.2 Å². The molecule has 0 bridgehead atoms. The Morgan fingerprint density at radius 3 is 2.71 bits per heavy atom. The van der Waals surface area contributed by atoms with Crippen molar-refractivity contribution in [1.29, 1.82) is 0 Å². The van der Waals surface area contributed by atoms with Crippen molar-refractivity contribution in [1.82, 2.24) is 4.57 Å². The fourth-order valence-electron chi connectivity index (χ4n) is 2.93. The van der Waals surface area contributed by atoms with Crippen LogP contribution in [0.25, 0.3) is 10.9 Å². The molecule has 5 heteroatoms. The van der Waals surface area contributed by atoms with Crippen molar-refractivity contribution in [3.05, 3.63) is 64.3 Å². The second-order valence-electron chi connectivity index (χ2n) is 5.56. The lowest BCUT2D eigenvalue weighted by atomic mass is 10.1. The maximum atomic E-state index is 12.4. The number of aromatic nitrogens is 1. The number of ether oxygens (including phenoxy) is 1. The van der Waals surface area contributed by atoms with Gasteiger partial charge in [-0.3, -0.25) is 0 Å². The minimum Gasteiger partial charge on any atom is -0.508 e. The van der Waals surface area contributed by atoms with Gasteiger partial charge in [-0.1, -0.05) is 29.8 Å². The first-order chi connectivity index (χ1) is 11.5. The lowest BCUT2D eigenvalue weighted by molar-refractivity contribution is 0.0527. The predicted molar refractivity (Wildman–Crippen MR) is 94.9 cm³/mol. The van der Waals surface area contributed by atoms with Crippen LogP contribution in [0.1, 0.15) is 28.5 Å². The third-order valence-electron chi connectivity index (χ3n) is 4.07. The van der Waals surface area contributed by atoms with E-state index in [4.69, 9.17) is 16.3 Å². The molecular formula is C19H18ClNO3. The standard InChI is InChI=1S/C19H18ClNO3/c1-3-24-19(23)18-12(2)21(11-13-6-4-5-7-16(13)20)17-9-8-14(22)10-15(17)18/h4-10,22H,3,11H2,1-2H3. The van der Waals surface area contributed by atoms with Gasteiger partial charge in [-0.25, -0.2) is 4.79 Å². The van der Waals surface area contributed by atoms with E-state index in [9.17, 15) is 9.90 Å². The van der Waals surface area contributed by atoms with E-state index in [1.54, 1.807) is 25.1 Å².